The van der Waals surface area contributed by atoms with Crippen LogP contribution in [0.1, 0.15) is 30.4 Å². The van der Waals surface area contributed by atoms with Crippen LogP contribution in [0.5, 0.6) is 0 Å². The Balaban J connectivity index is 1.40. The minimum atomic E-state index is -0.0854. The van der Waals surface area contributed by atoms with Crippen molar-refractivity contribution in [2.75, 3.05) is 53.6 Å². The summed E-state index contributed by atoms with van der Waals surface area (Å²) in [5, 5.41) is 2.85. The van der Waals surface area contributed by atoms with Crippen molar-refractivity contribution in [3.8, 4) is 0 Å². The van der Waals surface area contributed by atoms with Gasteiger partial charge in [-0.3, -0.25) is 9.69 Å². The number of nitrogens with one attached hydrogen (secondary N) is 1. The molecular formula is C21H27N7O. The van der Waals surface area contributed by atoms with E-state index in [1.54, 1.807) is 0 Å². The Bertz CT molecular complexity index is 921. The predicted octanol–water partition coefficient (Wildman–Crippen LogP) is 1.82. The van der Waals surface area contributed by atoms with Crippen molar-refractivity contribution < 1.29 is 4.79 Å². The number of benzene rings is 1. The molecule has 4 heterocycles. The Morgan fingerprint density at radius 1 is 1.00 bits per heavy atom. The third-order valence-corrected chi connectivity index (χ3v) is 5.91. The fourth-order valence-corrected chi connectivity index (χ4v) is 4.26. The molecule has 0 aliphatic carbocycles. The van der Waals surface area contributed by atoms with Crippen LogP contribution in [-0.4, -0.2) is 53.5 Å². The number of rotatable bonds is 5. The lowest BCUT2D eigenvalue weighted by Crippen LogP contribution is -2.41. The van der Waals surface area contributed by atoms with E-state index in [1.165, 1.54) is 37.1 Å². The number of hydrogen-bond acceptors (Lipinski definition) is 7. The number of nitrogens with two attached hydrogens (primary N) is 1. The predicted molar refractivity (Wildman–Crippen MR) is 114 cm³/mol. The van der Waals surface area contributed by atoms with E-state index in [-0.39, 0.29) is 12.5 Å². The molecule has 2 saturated heterocycles. The summed E-state index contributed by atoms with van der Waals surface area (Å²) in [7, 11) is 0. The third kappa shape index (κ3) is 3.72. The van der Waals surface area contributed by atoms with E-state index in [1.807, 2.05) is 4.90 Å². The van der Waals surface area contributed by atoms with Gasteiger partial charge in [-0.1, -0.05) is 24.3 Å². The molecule has 2 aromatic rings. The van der Waals surface area contributed by atoms with Crippen LogP contribution in [0.3, 0.4) is 0 Å². The molecule has 1 aromatic carbocycles. The van der Waals surface area contributed by atoms with Gasteiger partial charge in [0.25, 0.3) is 0 Å². The van der Waals surface area contributed by atoms with Gasteiger partial charge in [-0.05, 0) is 43.5 Å². The fraction of sp³-hybridized carbons (Fsp3) is 0.476. The van der Waals surface area contributed by atoms with E-state index in [0.717, 1.165) is 26.1 Å². The number of nitrogen functional groups attached to an aromatic ring is 1. The van der Waals surface area contributed by atoms with Gasteiger partial charge in [0.2, 0.25) is 11.9 Å². The van der Waals surface area contributed by atoms with Crippen molar-refractivity contribution in [2.24, 2.45) is 0 Å². The van der Waals surface area contributed by atoms with Gasteiger partial charge in [-0.2, -0.15) is 9.97 Å². The van der Waals surface area contributed by atoms with E-state index in [2.05, 4.69) is 44.4 Å². The van der Waals surface area contributed by atoms with Crippen molar-refractivity contribution in [1.82, 2.24) is 14.9 Å². The minimum absolute atomic E-state index is 0.0854. The summed E-state index contributed by atoms with van der Waals surface area (Å²) in [5.41, 5.74) is 9.18. The summed E-state index contributed by atoms with van der Waals surface area (Å²) < 4.78 is 0. The first-order valence-electron chi connectivity index (χ1n) is 10.4. The maximum Gasteiger partial charge on any atom is 0.244 e. The maximum atomic E-state index is 12.3. The normalized spacial score (nSPS) is 19.1. The zero-order valence-electron chi connectivity index (χ0n) is 16.6. The second-order valence-corrected chi connectivity index (χ2v) is 8.16. The average molecular weight is 393 g/mol. The van der Waals surface area contributed by atoms with Crippen molar-refractivity contribution in [3.63, 3.8) is 0 Å². The molecule has 8 nitrogen and oxygen atoms in total. The summed E-state index contributed by atoms with van der Waals surface area (Å²) in [4.78, 5) is 28.0. The van der Waals surface area contributed by atoms with E-state index < -0.39 is 0 Å². The van der Waals surface area contributed by atoms with Crippen molar-refractivity contribution in [1.29, 1.82) is 0 Å². The Morgan fingerprint density at radius 3 is 2.48 bits per heavy atom. The second kappa shape index (κ2) is 7.51. The highest BCUT2D eigenvalue weighted by molar-refractivity contribution is 6.03. The van der Waals surface area contributed by atoms with E-state index in [0.29, 0.717) is 29.8 Å². The molecule has 8 heteroatoms. The number of anilines is 4. The average Bonchev–Trinajstić information content (AvgIpc) is 3.15. The molecular weight excluding hydrogens is 366 g/mol. The van der Waals surface area contributed by atoms with Crippen LogP contribution >= 0.6 is 0 Å². The number of likely N-dealkylation sites (tertiary alicyclic amines) is 1. The molecule has 0 saturated carbocycles. The zero-order chi connectivity index (χ0) is 19.8. The molecule has 0 radical (unpaired) electrons. The quantitative estimate of drug-likeness (QED) is 0.801. The van der Waals surface area contributed by atoms with Crippen LogP contribution in [0.25, 0.3) is 0 Å². The Hall–Kier alpha value is -2.87. The molecule has 3 aliphatic heterocycles. The van der Waals surface area contributed by atoms with E-state index in [4.69, 9.17) is 10.7 Å². The smallest absolute Gasteiger partial charge is 0.244 e. The summed E-state index contributed by atoms with van der Waals surface area (Å²) in [5.74, 6) is 1.61. The molecule has 1 aromatic heterocycles. The molecule has 29 heavy (non-hydrogen) atoms. The monoisotopic (exact) mass is 393 g/mol. The van der Waals surface area contributed by atoms with Gasteiger partial charge in [0.1, 0.15) is 5.69 Å². The van der Waals surface area contributed by atoms with Gasteiger partial charge in [0.15, 0.2) is 11.6 Å². The Labute approximate surface area is 170 Å². The lowest BCUT2D eigenvalue weighted by Gasteiger charge is -2.34. The van der Waals surface area contributed by atoms with Crippen LogP contribution in [0, 0.1) is 0 Å². The number of nitrogens with zero attached hydrogens (tertiary/aromatic N) is 5. The molecule has 3 aliphatic rings. The van der Waals surface area contributed by atoms with Crippen molar-refractivity contribution in [2.45, 2.75) is 32.4 Å². The fourth-order valence-electron chi connectivity index (χ4n) is 4.26. The number of aromatic nitrogens is 2. The highest BCUT2D eigenvalue weighted by Gasteiger charge is 2.29. The van der Waals surface area contributed by atoms with Gasteiger partial charge in [-0.15, -0.1) is 0 Å². The molecule has 0 spiro atoms. The lowest BCUT2D eigenvalue weighted by atomic mass is 10.1. The third-order valence-electron chi connectivity index (χ3n) is 5.91. The highest BCUT2D eigenvalue weighted by atomic mass is 16.2. The van der Waals surface area contributed by atoms with Gasteiger partial charge in [-0.25, -0.2) is 0 Å². The summed E-state index contributed by atoms with van der Waals surface area (Å²) >= 11 is 0. The number of carbonyl (C=O) groups excluding carboxylic acids is 1. The first-order valence-corrected chi connectivity index (χ1v) is 10.4. The minimum Gasteiger partial charge on any atom is -0.382 e. The van der Waals surface area contributed by atoms with E-state index >= 15 is 0 Å². The van der Waals surface area contributed by atoms with Crippen molar-refractivity contribution in [3.05, 3.63) is 35.4 Å². The van der Waals surface area contributed by atoms with Crippen LogP contribution in [0.2, 0.25) is 0 Å². The number of carbonyl (C=O) groups is 1. The molecule has 3 N–H and O–H groups in total. The van der Waals surface area contributed by atoms with Crippen LogP contribution < -0.4 is 20.9 Å². The van der Waals surface area contributed by atoms with Gasteiger partial charge in [0, 0.05) is 26.2 Å². The highest BCUT2D eigenvalue weighted by Crippen LogP contribution is 2.35. The summed E-state index contributed by atoms with van der Waals surface area (Å²) in [6, 6.07) is 8.64. The van der Waals surface area contributed by atoms with Crippen LogP contribution in [-0.2, 0) is 17.9 Å². The lowest BCUT2D eigenvalue weighted by molar-refractivity contribution is -0.115. The number of amides is 1. The standard InChI is InChI=1S/C21H27N7O/c22-19-18-20(25-21(24-19)27-9-4-10-27)28(14-17(29)23-18)13-16-6-3-5-15(11-16)12-26-7-1-2-8-26/h3,5-6,11H,1-2,4,7-10,12-14H2,(H,23,29)(H2,22,24,25). The first kappa shape index (κ1) is 18.2. The van der Waals surface area contributed by atoms with Gasteiger partial charge < -0.3 is 20.9 Å². The zero-order valence-corrected chi connectivity index (χ0v) is 16.6. The first-order chi connectivity index (χ1) is 14.2. The Kier molecular flexibility index (Phi) is 4.71. The van der Waals surface area contributed by atoms with Crippen LogP contribution in [0.4, 0.5) is 23.3 Å². The molecule has 152 valence electrons. The summed E-state index contributed by atoms with van der Waals surface area (Å²) in [6.07, 6.45) is 3.73. The second-order valence-electron chi connectivity index (χ2n) is 8.16. The molecule has 1 amide bonds. The topological polar surface area (TPSA) is 90.6 Å². The van der Waals surface area contributed by atoms with E-state index in [9.17, 15) is 4.79 Å². The molecule has 0 bridgehead atoms. The van der Waals surface area contributed by atoms with Crippen molar-refractivity contribution >= 4 is 29.2 Å². The van der Waals surface area contributed by atoms with Gasteiger partial charge >= 0.3 is 0 Å². The van der Waals surface area contributed by atoms with Crippen LogP contribution in [0.15, 0.2) is 24.3 Å². The largest absolute Gasteiger partial charge is 0.382 e. The molecule has 0 unspecified atom stereocenters. The molecule has 0 atom stereocenters. The molecule has 2 fully saturated rings. The maximum absolute atomic E-state index is 12.3. The Morgan fingerprint density at radius 2 is 1.76 bits per heavy atom. The molecule has 5 rings (SSSR count). The number of hydrogen-bond donors (Lipinski definition) is 2. The summed E-state index contributed by atoms with van der Waals surface area (Å²) in [6.45, 7) is 6.12. The number of fused-ring (bicyclic) bond motifs is 1. The SMILES string of the molecule is Nc1nc(N2CCC2)nc2c1NC(=O)CN2Cc1cccc(CN2CCCC2)c1. The van der Waals surface area contributed by atoms with Gasteiger partial charge in [0.05, 0.1) is 6.54 Å².